The number of nitrogens with two attached hydrogens (primary N) is 4. The second-order valence-corrected chi connectivity index (χ2v) is 8.26. The molecule has 0 saturated carbocycles. The van der Waals surface area contributed by atoms with Crippen molar-refractivity contribution >= 4 is 30.6 Å². The average Bonchev–Trinajstić information content (AvgIpc) is 2.99. The Morgan fingerprint density at radius 1 is 0.690 bits per heavy atom. The van der Waals surface area contributed by atoms with Crippen molar-refractivity contribution in [1.82, 2.24) is 10.6 Å². The van der Waals surface area contributed by atoms with Crippen LogP contribution in [0.25, 0.3) is 0 Å². The van der Waals surface area contributed by atoms with Gasteiger partial charge in [-0.3, -0.25) is 20.4 Å². The Morgan fingerprint density at radius 2 is 1.02 bits per heavy atom. The second kappa shape index (κ2) is 24.0. The van der Waals surface area contributed by atoms with Crippen molar-refractivity contribution in [1.29, 1.82) is 10.8 Å². The highest BCUT2D eigenvalue weighted by molar-refractivity contribution is 5.76. The molecule has 0 fully saturated rings. The summed E-state index contributed by atoms with van der Waals surface area (Å²) in [5, 5.41) is 19.2. The lowest BCUT2D eigenvalue weighted by Gasteiger charge is -2.12. The van der Waals surface area contributed by atoms with Gasteiger partial charge in [0.05, 0.1) is 0 Å². The molecule has 12 N–H and O–H groups in total. The summed E-state index contributed by atoms with van der Waals surface area (Å²) in [6.45, 7) is 2.66. The van der Waals surface area contributed by atoms with Gasteiger partial charge in [0.2, 0.25) is 13.6 Å². The highest BCUT2D eigenvalue weighted by Crippen LogP contribution is 2.09. The minimum atomic E-state index is -0.705. The second-order valence-electron chi connectivity index (χ2n) is 8.26. The van der Waals surface area contributed by atoms with Crippen LogP contribution in [-0.2, 0) is 23.9 Å². The van der Waals surface area contributed by atoms with Gasteiger partial charge in [0.25, 0.3) is 0 Å². The van der Waals surface area contributed by atoms with E-state index >= 15 is 0 Å². The largest absolute Gasteiger partial charge is 0.457 e. The molecule has 2 atom stereocenters. The number of hydrogen-bond donors (Lipinski definition) is 8. The average molecular weight is 591 g/mol. The summed E-state index contributed by atoms with van der Waals surface area (Å²) in [7, 11) is 0. The highest BCUT2D eigenvalue weighted by Gasteiger charge is 2.15. The maximum Gasteiger partial charge on any atom is 0.325 e. The zero-order valence-corrected chi connectivity index (χ0v) is 23.5. The Kier molecular flexibility index (Phi) is 21.2. The molecular formula is C27H42N8O7. The molecule has 0 heterocycles. The van der Waals surface area contributed by atoms with Crippen molar-refractivity contribution in [3.8, 4) is 11.5 Å². The molecule has 0 bridgehead atoms. The van der Waals surface area contributed by atoms with Gasteiger partial charge in [-0.15, -0.1) is 0 Å². The summed E-state index contributed by atoms with van der Waals surface area (Å²) in [6, 6.07) is 16.7. The molecule has 15 heteroatoms. The Hall–Kier alpha value is -4.89. The molecule has 0 aromatic heterocycles. The van der Waals surface area contributed by atoms with Gasteiger partial charge >= 0.3 is 11.9 Å². The number of hydrogen-bond acceptors (Lipinski definition) is 11. The van der Waals surface area contributed by atoms with Crippen LogP contribution >= 0.6 is 0 Å². The summed E-state index contributed by atoms with van der Waals surface area (Å²) < 4.78 is 20.3. The molecule has 0 amide bonds. The number of esters is 2. The molecule has 15 nitrogen and oxygen atoms in total. The van der Waals surface area contributed by atoms with E-state index in [2.05, 4.69) is 10.6 Å². The van der Waals surface area contributed by atoms with Crippen molar-refractivity contribution in [2.24, 2.45) is 22.9 Å². The van der Waals surface area contributed by atoms with E-state index in [1.54, 1.807) is 24.3 Å². The van der Waals surface area contributed by atoms with E-state index in [1.165, 1.54) is 0 Å². The molecule has 42 heavy (non-hydrogen) atoms. The summed E-state index contributed by atoms with van der Waals surface area (Å²) in [6.07, 6.45) is 2.14. The molecule has 0 aliphatic rings. The minimum absolute atomic E-state index is 0.0996. The normalized spacial score (nSPS) is 11.0. The maximum atomic E-state index is 11.5. The third-order valence-corrected chi connectivity index (χ3v) is 4.96. The van der Waals surface area contributed by atoms with Gasteiger partial charge in [-0.1, -0.05) is 36.4 Å². The van der Waals surface area contributed by atoms with E-state index in [1.807, 2.05) is 43.2 Å². The standard InChI is InChI=1S/2C13H20N4O3.CH2O/c2*14-11(7-4-8-17-13(15)16)12(18)20-9-19-10-5-2-1-3-6-10;1-2/h2*1-3,5-6,11H,4,7-9,14H2,(H4,15,16,17);1H2/t2*11-;/m00./s1. The van der Waals surface area contributed by atoms with Crippen LogP contribution in [0.2, 0.25) is 0 Å². The molecule has 2 aromatic carbocycles. The molecule has 2 aromatic rings. The van der Waals surface area contributed by atoms with Crippen LogP contribution in [0.4, 0.5) is 0 Å². The van der Waals surface area contributed by atoms with Crippen LogP contribution in [0.3, 0.4) is 0 Å². The van der Waals surface area contributed by atoms with E-state index in [-0.39, 0.29) is 25.5 Å². The smallest absolute Gasteiger partial charge is 0.325 e. The number of carbonyl (C=O) groups excluding carboxylic acids is 3. The molecule has 0 spiro atoms. The fraction of sp³-hybridized carbons (Fsp3) is 0.370. The molecule has 0 unspecified atom stereocenters. The van der Waals surface area contributed by atoms with Crippen molar-refractivity contribution in [2.45, 2.75) is 37.8 Å². The first-order valence-electron chi connectivity index (χ1n) is 12.8. The minimum Gasteiger partial charge on any atom is -0.457 e. The van der Waals surface area contributed by atoms with Crippen LogP contribution < -0.4 is 43.0 Å². The number of rotatable bonds is 16. The van der Waals surface area contributed by atoms with E-state index in [4.69, 9.17) is 57.5 Å². The zero-order chi connectivity index (χ0) is 31.6. The van der Waals surface area contributed by atoms with Crippen molar-refractivity contribution < 1.29 is 33.3 Å². The van der Waals surface area contributed by atoms with Crippen LogP contribution in [0.1, 0.15) is 25.7 Å². The highest BCUT2D eigenvalue weighted by atomic mass is 16.7. The molecule has 2 rings (SSSR count). The first kappa shape index (κ1) is 37.1. The summed E-state index contributed by atoms with van der Waals surface area (Å²) >= 11 is 0. The van der Waals surface area contributed by atoms with Crippen molar-refractivity contribution in [3.63, 3.8) is 0 Å². The van der Waals surface area contributed by atoms with Crippen LogP contribution in [0, 0.1) is 10.8 Å². The van der Waals surface area contributed by atoms with Crippen molar-refractivity contribution in [2.75, 3.05) is 26.7 Å². The first-order valence-corrected chi connectivity index (χ1v) is 12.8. The van der Waals surface area contributed by atoms with Gasteiger partial charge in [-0.2, -0.15) is 0 Å². The summed E-state index contributed by atoms with van der Waals surface area (Å²) in [5.41, 5.74) is 21.6. The van der Waals surface area contributed by atoms with Crippen LogP contribution in [0.5, 0.6) is 11.5 Å². The number of nitrogens with one attached hydrogen (secondary N) is 4. The van der Waals surface area contributed by atoms with Crippen LogP contribution in [-0.4, -0.2) is 69.4 Å². The third kappa shape index (κ3) is 20.1. The van der Waals surface area contributed by atoms with Gasteiger partial charge in [-0.05, 0) is 49.9 Å². The predicted octanol–water partition coefficient (Wildman–Crippen LogP) is 0.128. The predicted molar refractivity (Wildman–Crippen MR) is 157 cm³/mol. The van der Waals surface area contributed by atoms with Gasteiger partial charge < -0.3 is 57.3 Å². The number of para-hydroxylation sites is 2. The fourth-order valence-corrected chi connectivity index (χ4v) is 2.88. The molecule has 232 valence electrons. The van der Waals surface area contributed by atoms with Gasteiger partial charge in [0.1, 0.15) is 30.4 Å². The van der Waals surface area contributed by atoms with Crippen molar-refractivity contribution in [3.05, 3.63) is 60.7 Å². The number of carbonyl (C=O) groups is 3. The van der Waals surface area contributed by atoms with E-state index in [0.717, 1.165) is 0 Å². The Labute approximate surface area is 245 Å². The molecular weight excluding hydrogens is 548 g/mol. The number of benzene rings is 2. The molecule has 0 radical (unpaired) electrons. The molecule has 0 aliphatic heterocycles. The van der Waals surface area contributed by atoms with E-state index in [9.17, 15) is 9.59 Å². The summed E-state index contributed by atoms with van der Waals surface area (Å²) in [5.74, 6) is 0.0291. The first-order chi connectivity index (χ1) is 20.2. The van der Waals surface area contributed by atoms with E-state index < -0.39 is 24.0 Å². The third-order valence-electron chi connectivity index (χ3n) is 4.96. The SMILES string of the molecule is C=O.N=C(N)NCCC[C@H](N)C(=O)OCOc1ccccc1.N=C(N)NCCC[C@H](N)C(=O)OCOc1ccccc1. The van der Waals surface area contributed by atoms with E-state index in [0.29, 0.717) is 50.3 Å². The fourth-order valence-electron chi connectivity index (χ4n) is 2.88. The lowest BCUT2D eigenvalue weighted by atomic mass is 10.2. The topological polar surface area (TPSA) is 264 Å². The summed E-state index contributed by atoms with van der Waals surface area (Å²) in [4.78, 5) is 31.1. The Bertz CT molecular complexity index is 950. The van der Waals surface area contributed by atoms with Gasteiger partial charge in [-0.25, -0.2) is 0 Å². The Morgan fingerprint density at radius 3 is 1.33 bits per heavy atom. The van der Waals surface area contributed by atoms with Gasteiger partial charge in [0.15, 0.2) is 11.9 Å². The van der Waals surface area contributed by atoms with Gasteiger partial charge in [0, 0.05) is 13.1 Å². The molecule has 0 saturated heterocycles. The Balaban J connectivity index is 0.000000756. The number of guanidine groups is 2. The molecule has 0 aliphatic carbocycles. The zero-order valence-electron chi connectivity index (χ0n) is 23.5. The monoisotopic (exact) mass is 590 g/mol. The van der Waals surface area contributed by atoms with Crippen LogP contribution in [0.15, 0.2) is 60.7 Å². The quantitative estimate of drug-likeness (QED) is 0.0425. The number of ether oxygens (including phenoxy) is 4. The lowest BCUT2D eigenvalue weighted by molar-refractivity contribution is -0.152. The maximum absolute atomic E-state index is 11.5. The lowest BCUT2D eigenvalue weighted by Crippen LogP contribution is -2.35.